The van der Waals surface area contributed by atoms with Crippen molar-refractivity contribution in [1.82, 2.24) is 10.2 Å². The monoisotopic (exact) mass is 387 g/mol. The van der Waals surface area contributed by atoms with Gasteiger partial charge in [0.2, 0.25) is 5.91 Å². The molecule has 1 aliphatic heterocycles. The van der Waals surface area contributed by atoms with E-state index in [-0.39, 0.29) is 11.9 Å². The largest absolute Gasteiger partial charge is 0.497 e. The normalized spacial score (nSPS) is 16.1. The van der Waals surface area contributed by atoms with Crippen LogP contribution in [0.4, 0.5) is 10.5 Å². The fourth-order valence-electron chi connectivity index (χ4n) is 3.12. The van der Waals surface area contributed by atoms with Crippen molar-refractivity contribution in [2.24, 2.45) is 0 Å². The maximum absolute atomic E-state index is 12.6. The first-order chi connectivity index (χ1) is 13.1. The lowest BCUT2D eigenvalue weighted by Crippen LogP contribution is -2.47. The molecule has 1 heterocycles. The Morgan fingerprint density at radius 2 is 2.04 bits per heavy atom. The van der Waals surface area contributed by atoms with Gasteiger partial charge in [-0.25, -0.2) is 4.79 Å². The fraction of sp³-hybridized carbons (Fsp3) is 0.300. The van der Waals surface area contributed by atoms with Gasteiger partial charge in [0.15, 0.2) is 0 Å². The molecular formula is C20H22ClN3O3. The Bertz CT molecular complexity index is 828. The van der Waals surface area contributed by atoms with E-state index in [0.29, 0.717) is 36.0 Å². The SMILES string of the molecule is COc1cccc(NC(=O)N2CCC[C@@H]2C(=O)NCc2ccccc2Cl)c1. The Hall–Kier alpha value is -2.73. The maximum Gasteiger partial charge on any atom is 0.322 e. The summed E-state index contributed by atoms with van der Waals surface area (Å²) in [4.78, 5) is 26.8. The minimum atomic E-state index is -0.488. The molecule has 0 spiro atoms. The standard InChI is InChI=1S/C20H22ClN3O3/c1-27-16-8-4-7-15(12-16)23-20(26)24-11-5-10-18(24)19(25)22-13-14-6-2-3-9-17(14)21/h2-4,6-9,12,18H,5,10-11,13H2,1H3,(H,22,25)(H,23,26)/t18-/m1/s1. The Morgan fingerprint density at radius 3 is 2.81 bits per heavy atom. The van der Waals surface area contributed by atoms with Crippen molar-refractivity contribution in [3.63, 3.8) is 0 Å². The van der Waals surface area contributed by atoms with E-state index < -0.39 is 6.04 Å². The number of likely N-dealkylation sites (tertiary alicyclic amines) is 1. The zero-order valence-electron chi connectivity index (χ0n) is 15.1. The van der Waals surface area contributed by atoms with Crippen LogP contribution >= 0.6 is 11.6 Å². The lowest BCUT2D eigenvalue weighted by molar-refractivity contribution is -0.124. The number of amides is 3. The summed E-state index contributed by atoms with van der Waals surface area (Å²) in [6, 6.07) is 13.7. The van der Waals surface area contributed by atoms with E-state index in [2.05, 4.69) is 10.6 Å². The van der Waals surface area contributed by atoms with Crippen LogP contribution in [0.2, 0.25) is 5.02 Å². The molecular weight excluding hydrogens is 366 g/mol. The van der Waals surface area contributed by atoms with Crippen molar-refractivity contribution in [3.8, 4) is 5.75 Å². The molecule has 2 aromatic rings. The average molecular weight is 388 g/mol. The number of carbonyl (C=O) groups excluding carboxylic acids is 2. The predicted molar refractivity (Wildman–Crippen MR) is 105 cm³/mol. The number of rotatable bonds is 5. The van der Waals surface area contributed by atoms with Crippen LogP contribution in [0, 0.1) is 0 Å². The summed E-state index contributed by atoms with van der Waals surface area (Å²) >= 11 is 6.13. The zero-order chi connectivity index (χ0) is 19.2. The minimum absolute atomic E-state index is 0.173. The molecule has 1 saturated heterocycles. The lowest BCUT2D eigenvalue weighted by atomic mass is 10.2. The van der Waals surface area contributed by atoms with E-state index in [1.807, 2.05) is 18.2 Å². The second-order valence-electron chi connectivity index (χ2n) is 6.32. The molecule has 0 unspecified atom stereocenters. The van der Waals surface area contributed by atoms with Crippen LogP contribution in [0.15, 0.2) is 48.5 Å². The first kappa shape index (κ1) is 19.0. The molecule has 0 aliphatic carbocycles. The summed E-state index contributed by atoms with van der Waals surface area (Å²) in [6.07, 6.45) is 1.43. The second kappa shape index (κ2) is 8.77. The predicted octanol–water partition coefficient (Wildman–Crippen LogP) is 3.66. The van der Waals surface area contributed by atoms with Gasteiger partial charge in [0.1, 0.15) is 11.8 Å². The van der Waals surface area contributed by atoms with E-state index in [9.17, 15) is 9.59 Å². The van der Waals surface area contributed by atoms with Gasteiger partial charge in [0, 0.05) is 29.9 Å². The molecule has 0 aromatic heterocycles. The molecule has 7 heteroatoms. The van der Waals surface area contributed by atoms with Gasteiger partial charge in [-0.05, 0) is 36.6 Å². The number of hydrogen-bond acceptors (Lipinski definition) is 3. The molecule has 1 fully saturated rings. The second-order valence-corrected chi connectivity index (χ2v) is 6.73. The maximum atomic E-state index is 12.6. The van der Waals surface area contributed by atoms with Crippen molar-refractivity contribution in [3.05, 3.63) is 59.1 Å². The van der Waals surface area contributed by atoms with Crippen LogP contribution in [0.25, 0.3) is 0 Å². The Labute approximate surface area is 163 Å². The highest BCUT2D eigenvalue weighted by Gasteiger charge is 2.34. The van der Waals surface area contributed by atoms with Crippen LogP contribution in [0.3, 0.4) is 0 Å². The van der Waals surface area contributed by atoms with E-state index in [0.717, 1.165) is 12.0 Å². The Kier molecular flexibility index (Phi) is 6.19. The van der Waals surface area contributed by atoms with E-state index in [1.54, 1.807) is 42.3 Å². The van der Waals surface area contributed by atoms with Crippen molar-refractivity contribution in [2.45, 2.75) is 25.4 Å². The molecule has 142 valence electrons. The van der Waals surface area contributed by atoms with Gasteiger partial charge >= 0.3 is 6.03 Å². The number of carbonyl (C=O) groups is 2. The molecule has 0 bridgehead atoms. The molecule has 3 rings (SSSR count). The summed E-state index contributed by atoms with van der Waals surface area (Å²) in [5.41, 5.74) is 1.47. The number of methoxy groups -OCH3 is 1. The van der Waals surface area contributed by atoms with Gasteiger partial charge in [-0.3, -0.25) is 4.79 Å². The smallest absolute Gasteiger partial charge is 0.322 e. The van der Waals surface area contributed by atoms with Crippen molar-refractivity contribution >= 4 is 29.2 Å². The number of hydrogen-bond donors (Lipinski definition) is 2. The number of halogens is 1. The summed E-state index contributed by atoms with van der Waals surface area (Å²) in [5.74, 6) is 0.483. The fourth-order valence-corrected chi connectivity index (χ4v) is 3.32. The molecule has 27 heavy (non-hydrogen) atoms. The summed E-state index contributed by atoms with van der Waals surface area (Å²) in [5, 5.41) is 6.32. The van der Waals surface area contributed by atoms with E-state index >= 15 is 0 Å². The highest BCUT2D eigenvalue weighted by Crippen LogP contribution is 2.22. The third kappa shape index (κ3) is 4.71. The number of urea groups is 1. The first-order valence-electron chi connectivity index (χ1n) is 8.81. The highest BCUT2D eigenvalue weighted by molar-refractivity contribution is 6.31. The molecule has 0 saturated carbocycles. The number of anilines is 1. The zero-order valence-corrected chi connectivity index (χ0v) is 15.8. The minimum Gasteiger partial charge on any atom is -0.497 e. The molecule has 2 N–H and O–H groups in total. The quantitative estimate of drug-likeness (QED) is 0.822. The van der Waals surface area contributed by atoms with Gasteiger partial charge in [0.25, 0.3) is 0 Å². The molecule has 1 aliphatic rings. The van der Waals surface area contributed by atoms with Gasteiger partial charge in [-0.1, -0.05) is 35.9 Å². The highest BCUT2D eigenvalue weighted by atomic mass is 35.5. The number of benzene rings is 2. The van der Waals surface area contributed by atoms with Crippen LogP contribution in [-0.4, -0.2) is 36.5 Å². The average Bonchev–Trinajstić information content (AvgIpc) is 3.17. The molecule has 2 aromatic carbocycles. The molecule has 6 nitrogen and oxygen atoms in total. The van der Waals surface area contributed by atoms with E-state index in [4.69, 9.17) is 16.3 Å². The first-order valence-corrected chi connectivity index (χ1v) is 9.19. The molecule has 3 amide bonds. The van der Waals surface area contributed by atoms with Crippen molar-refractivity contribution in [1.29, 1.82) is 0 Å². The van der Waals surface area contributed by atoms with Crippen LogP contribution in [0.1, 0.15) is 18.4 Å². The van der Waals surface area contributed by atoms with Crippen LogP contribution < -0.4 is 15.4 Å². The summed E-state index contributed by atoms with van der Waals surface area (Å²) in [7, 11) is 1.57. The van der Waals surface area contributed by atoms with Gasteiger partial charge < -0.3 is 20.3 Å². The topological polar surface area (TPSA) is 70.7 Å². The van der Waals surface area contributed by atoms with Crippen molar-refractivity contribution in [2.75, 3.05) is 19.0 Å². The molecule has 0 radical (unpaired) electrons. The van der Waals surface area contributed by atoms with Gasteiger partial charge in [-0.2, -0.15) is 0 Å². The van der Waals surface area contributed by atoms with Crippen LogP contribution in [0.5, 0.6) is 5.75 Å². The summed E-state index contributed by atoms with van der Waals surface area (Å²) in [6.45, 7) is 0.875. The van der Waals surface area contributed by atoms with Gasteiger partial charge in [0.05, 0.1) is 7.11 Å². The lowest BCUT2D eigenvalue weighted by Gasteiger charge is -2.24. The number of nitrogens with one attached hydrogen (secondary N) is 2. The Balaban J connectivity index is 1.61. The number of ether oxygens (including phenoxy) is 1. The van der Waals surface area contributed by atoms with Gasteiger partial charge in [-0.15, -0.1) is 0 Å². The third-order valence-electron chi connectivity index (χ3n) is 4.55. The number of nitrogens with zero attached hydrogens (tertiary/aromatic N) is 1. The van der Waals surface area contributed by atoms with E-state index in [1.165, 1.54) is 0 Å². The molecule has 1 atom stereocenters. The third-order valence-corrected chi connectivity index (χ3v) is 4.92. The van der Waals surface area contributed by atoms with Crippen LogP contribution in [-0.2, 0) is 11.3 Å². The Morgan fingerprint density at radius 1 is 1.22 bits per heavy atom. The summed E-state index contributed by atoms with van der Waals surface area (Å²) < 4.78 is 5.17. The van der Waals surface area contributed by atoms with Crippen molar-refractivity contribution < 1.29 is 14.3 Å².